The van der Waals surface area contributed by atoms with Crippen molar-refractivity contribution in [1.82, 2.24) is 4.57 Å². The van der Waals surface area contributed by atoms with Gasteiger partial charge in [-0.1, -0.05) is 84.8 Å². The lowest BCUT2D eigenvalue weighted by atomic mass is 9.92. The third-order valence-corrected chi connectivity index (χ3v) is 6.95. The highest BCUT2D eigenvalue weighted by molar-refractivity contribution is 6.10. The van der Waals surface area contributed by atoms with Crippen LogP contribution >= 0.6 is 0 Å². The van der Waals surface area contributed by atoms with E-state index in [0.717, 1.165) is 38.6 Å². The topological polar surface area (TPSA) is 14.2 Å². The van der Waals surface area contributed by atoms with Crippen LogP contribution in [-0.2, 0) is 0 Å². The summed E-state index contributed by atoms with van der Waals surface area (Å²) in [7, 11) is 0. The van der Waals surface area contributed by atoms with Crippen molar-refractivity contribution in [2.45, 2.75) is 0 Å². The summed E-state index contributed by atoms with van der Waals surface area (Å²) in [5.74, 6) is 0.459. The van der Waals surface area contributed by atoms with Crippen molar-refractivity contribution in [3.63, 3.8) is 0 Å². The SMILES string of the molecule is [2H]c1c([2H])c2c3c(c([2H])c([2H])c([2H])c3c1[2H])-c1cc(-c3ccc4c5ccccc5n(-c5ccccc5)c4c3)ccc1O2. The minimum absolute atomic E-state index is 0.0528. The van der Waals surface area contributed by atoms with Crippen molar-refractivity contribution < 1.29 is 13.0 Å². The molecule has 1 aromatic heterocycles. The van der Waals surface area contributed by atoms with Crippen molar-refractivity contribution in [2.75, 3.05) is 0 Å². The Morgan fingerprint density at radius 3 is 2.25 bits per heavy atom. The molecule has 0 fully saturated rings. The summed E-state index contributed by atoms with van der Waals surface area (Å²) in [6, 6.07) is 28.8. The molecule has 2 nitrogen and oxygen atoms in total. The Kier molecular flexibility index (Phi) is 2.97. The van der Waals surface area contributed by atoms with Crippen molar-refractivity contribution >= 4 is 32.6 Å². The fourth-order valence-electron chi connectivity index (χ4n) is 5.33. The van der Waals surface area contributed by atoms with Crippen LogP contribution in [0.3, 0.4) is 0 Å². The van der Waals surface area contributed by atoms with Crippen molar-refractivity contribution in [3.05, 3.63) is 127 Å². The molecule has 1 aliphatic heterocycles. The van der Waals surface area contributed by atoms with Gasteiger partial charge in [-0.05, 0) is 64.5 Å². The Morgan fingerprint density at radius 1 is 0.583 bits per heavy atom. The molecule has 2 heteroatoms. The first-order valence-corrected chi connectivity index (χ1v) is 11.8. The molecule has 168 valence electrons. The summed E-state index contributed by atoms with van der Waals surface area (Å²) in [6.07, 6.45) is 0. The second kappa shape index (κ2) is 7.34. The van der Waals surface area contributed by atoms with Crippen LogP contribution in [0.4, 0.5) is 0 Å². The minimum Gasteiger partial charge on any atom is -0.456 e. The van der Waals surface area contributed by atoms with Gasteiger partial charge >= 0.3 is 0 Å². The molecule has 6 aromatic carbocycles. The standard InChI is InChI=1S/C34H21NO/c1-2-10-25(11-3-1)35-30-14-5-4-12-26(30)27-18-16-24(21-31(27)35)23-17-19-32-29(20-23)28-13-6-8-22-9-7-15-33(36-32)34(22)28/h1-21H/i6D,7D,8D,9D,13D,15D. The summed E-state index contributed by atoms with van der Waals surface area (Å²) in [6.45, 7) is 0. The number of ether oxygens (including phenoxy) is 1. The van der Waals surface area contributed by atoms with E-state index < -0.39 is 0 Å². The van der Waals surface area contributed by atoms with E-state index in [9.17, 15) is 0 Å². The highest BCUT2D eigenvalue weighted by atomic mass is 16.5. The monoisotopic (exact) mass is 465 g/mol. The summed E-state index contributed by atoms with van der Waals surface area (Å²) < 4.78 is 59.3. The van der Waals surface area contributed by atoms with Gasteiger partial charge in [-0.3, -0.25) is 0 Å². The van der Waals surface area contributed by atoms with Crippen LogP contribution in [-0.4, -0.2) is 4.57 Å². The molecule has 0 aliphatic carbocycles. The zero-order valence-corrected chi connectivity index (χ0v) is 19.0. The molecule has 0 amide bonds. The van der Waals surface area contributed by atoms with Crippen molar-refractivity contribution in [1.29, 1.82) is 0 Å². The zero-order valence-electron chi connectivity index (χ0n) is 25.0. The van der Waals surface area contributed by atoms with E-state index in [1.54, 1.807) is 6.07 Å². The molecule has 7 aromatic rings. The first-order chi connectivity index (χ1) is 20.3. The Bertz CT molecular complexity index is 2280. The van der Waals surface area contributed by atoms with Gasteiger partial charge in [-0.2, -0.15) is 0 Å². The molecule has 0 N–H and O–H groups in total. The van der Waals surface area contributed by atoms with Crippen molar-refractivity contribution in [3.8, 4) is 39.4 Å². The predicted molar refractivity (Wildman–Crippen MR) is 149 cm³/mol. The molecule has 0 unspecified atom stereocenters. The van der Waals surface area contributed by atoms with E-state index >= 15 is 0 Å². The van der Waals surface area contributed by atoms with E-state index in [1.165, 1.54) is 0 Å². The molecule has 0 bridgehead atoms. The highest BCUT2D eigenvalue weighted by Gasteiger charge is 2.20. The molecule has 0 saturated heterocycles. The van der Waals surface area contributed by atoms with Gasteiger partial charge in [0.1, 0.15) is 11.5 Å². The van der Waals surface area contributed by atoms with Crippen molar-refractivity contribution in [2.24, 2.45) is 0 Å². The van der Waals surface area contributed by atoms with E-state index in [2.05, 4.69) is 47.0 Å². The van der Waals surface area contributed by atoms with E-state index in [1.807, 2.05) is 42.5 Å². The van der Waals surface area contributed by atoms with Gasteiger partial charge in [-0.15, -0.1) is 0 Å². The van der Waals surface area contributed by atoms with Gasteiger partial charge in [0.15, 0.2) is 0 Å². The number of hydrogen-bond acceptors (Lipinski definition) is 1. The second-order valence-corrected chi connectivity index (χ2v) is 8.94. The molecule has 0 radical (unpaired) electrons. The van der Waals surface area contributed by atoms with Gasteiger partial charge in [-0.25, -0.2) is 0 Å². The van der Waals surface area contributed by atoms with Gasteiger partial charge in [0.25, 0.3) is 0 Å². The smallest absolute Gasteiger partial charge is 0.135 e. The third-order valence-electron chi connectivity index (χ3n) is 6.95. The number of aromatic nitrogens is 1. The maximum absolute atomic E-state index is 8.81. The molecule has 2 heterocycles. The average Bonchev–Trinajstić information content (AvgIpc) is 3.35. The molecule has 0 spiro atoms. The maximum atomic E-state index is 8.81. The largest absolute Gasteiger partial charge is 0.456 e. The zero-order chi connectivity index (χ0) is 28.9. The average molecular weight is 466 g/mol. The Hall–Kier alpha value is -4.82. The Morgan fingerprint density at radius 2 is 1.33 bits per heavy atom. The third kappa shape index (κ3) is 2.73. The molecular weight excluding hydrogens is 438 g/mol. The van der Waals surface area contributed by atoms with Crippen LogP contribution in [0.1, 0.15) is 8.22 Å². The van der Waals surface area contributed by atoms with Crippen LogP contribution < -0.4 is 4.74 Å². The molecule has 1 aliphatic rings. The number of nitrogens with zero attached hydrogens (tertiary/aromatic N) is 1. The maximum Gasteiger partial charge on any atom is 0.135 e. The van der Waals surface area contributed by atoms with Crippen LogP contribution in [0.15, 0.2) is 127 Å². The lowest BCUT2D eigenvalue weighted by Gasteiger charge is -2.22. The number of fused-ring (bicyclic) bond motifs is 5. The molecular formula is C34H21NO. The predicted octanol–water partition coefficient (Wildman–Crippen LogP) is 9.38. The minimum atomic E-state index is -0.365. The summed E-state index contributed by atoms with van der Waals surface area (Å²) in [4.78, 5) is 0. The van der Waals surface area contributed by atoms with Crippen LogP contribution in [0.25, 0.3) is 60.5 Å². The van der Waals surface area contributed by atoms with Crippen LogP contribution in [0, 0.1) is 0 Å². The molecule has 36 heavy (non-hydrogen) atoms. The second-order valence-electron chi connectivity index (χ2n) is 8.94. The van der Waals surface area contributed by atoms with Gasteiger partial charge in [0, 0.05) is 27.4 Å². The Labute approximate surface area is 217 Å². The fourth-order valence-corrected chi connectivity index (χ4v) is 5.33. The highest BCUT2D eigenvalue weighted by Crippen LogP contribution is 2.47. The lowest BCUT2D eigenvalue weighted by molar-refractivity contribution is 0.487. The van der Waals surface area contributed by atoms with Gasteiger partial charge in [0.2, 0.25) is 0 Å². The summed E-state index contributed by atoms with van der Waals surface area (Å²) in [5.41, 5.74) is 5.95. The van der Waals surface area contributed by atoms with E-state index in [-0.39, 0.29) is 52.8 Å². The fraction of sp³-hybridized carbons (Fsp3) is 0. The Balaban J connectivity index is 1.39. The summed E-state index contributed by atoms with van der Waals surface area (Å²) >= 11 is 0. The first kappa shape index (κ1) is 14.6. The van der Waals surface area contributed by atoms with E-state index in [0.29, 0.717) is 16.9 Å². The quantitative estimate of drug-likeness (QED) is 0.248. The molecule has 0 atom stereocenters. The van der Waals surface area contributed by atoms with Crippen LogP contribution in [0.2, 0.25) is 0 Å². The lowest BCUT2D eigenvalue weighted by Crippen LogP contribution is -1.97. The van der Waals surface area contributed by atoms with E-state index in [4.69, 9.17) is 13.0 Å². The summed E-state index contributed by atoms with van der Waals surface area (Å²) in [5, 5.41) is 2.62. The molecule has 8 rings (SSSR count). The number of rotatable bonds is 2. The van der Waals surface area contributed by atoms with Gasteiger partial charge < -0.3 is 9.30 Å². The molecule has 0 saturated carbocycles. The first-order valence-electron chi connectivity index (χ1n) is 14.8. The normalized spacial score (nSPS) is 14.4. The van der Waals surface area contributed by atoms with Gasteiger partial charge in [0.05, 0.1) is 19.3 Å². The number of hydrogen-bond donors (Lipinski definition) is 0. The number of benzene rings is 6. The van der Waals surface area contributed by atoms with Crippen LogP contribution in [0.5, 0.6) is 11.5 Å². The number of para-hydroxylation sites is 2.